The zero-order valence-electron chi connectivity index (χ0n) is 13.7. The molecule has 0 atom stereocenters. The predicted molar refractivity (Wildman–Crippen MR) is 92.4 cm³/mol. The van der Waals surface area contributed by atoms with Crippen LogP contribution < -0.4 is 5.56 Å². The Morgan fingerprint density at radius 3 is 2.27 bits per heavy atom. The number of hydrogen-bond donors (Lipinski definition) is 1. The van der Waals surface area contributed by atoms with Gasteiger partial charge in [-0.1, -0.05) is 48.0 Å². The van der Waals surface area contributed by atoms with Gasteiger partial charge in [0.15, 0.2) is 0 Å². The fraction of sp³-hybridized carbons (Fsp3) is 0.100. The van der Waals surface area contributed by atoms with Crippen LogP contribution >= 0.6 is 0 Å². The summed E-state index contributed by atoms with van der Waals surface area (Å²) in [6.45, 7) is 1.90. The second-order valence-corrected chi connectivity index (χ2v) is 5.82. The Hall–Kier alpha value is -3.33. The molecule has 0 spiro atoms. The Kier molecular flexibility index (Phi) is 4.39. The summed E-state index contributed by atoms with van der Waals surface area (Å²) in [6, 6.07) is 15.2. The number of aromatic amines is 1. The summed E-state index contributed by atoms with van der Waals surface area (Å²) in [5, 5.41) is 9.30. The van der Waals surface area contributed by atoms with Gasteiger partial charge in [-0.25, -0.2) is 0 Å². The molecule has 1 N–H and O–H groups in total. The van der Waals surface area contributed by atoms with Gasteiger partial charge in [-0.3, -0.25) is 4.79 Å². The van der Waals surface area contributed by atoms with Crippen LogP contribution in [-0.2, 0) is 6.18 Å². The summed E-state index contributed by atoms with van der Waals surface area (Å²) in [4.78, 5) is 14.9. The van der Waals surface area contributed by atoms with E-state index < -0.39 is 17.3 Å². The fourth-order valence-corrected chi connectivity index (χ4v) is 2.74. The third-order valence-corrected chi connectivity index (χ3v) is 4.03. The van der Waals surface area contributed by atoms with Crippen LogP contribution in [0.15, 0.2) is 59.4 Å². The summed E-state index contributed by atoms with van der Waals surface area (Å²) in [5.41, 5.74) is -0.209. The number of rotatable bonds is 2. The van der Waals surface area contributed by atoms with E-state index in [0.717, 1.165) is 11.6 Å². The number of aromatic nitrogens is 1. The van der Waals surface area contributed by atoms with Crippen molar-refractivity contribution in [2.75, 3.05) is 0 Å². The first-order chi connectivity index (χ1) is 12.3. The molecular formula is C20H13F3N2O. The van der Waals surface area contributed by atoms with Crippen molar-refractivity contribution in [1.82, 2.24) is 4.98 Å². The smallest absolute Gasteiger partial charge is 0.321 e. The number of nitrogens with one attached hydrogen (secondary N) is 1. The summed E-state index contributed by atoms with van der Waals surface area (Å²) >= 11 is 0. The van der Waals surface area contributed by atoms with Crippen LogP contribution in [0, 0.1) is 18.3 Å². The standard InChI is InChI=1S/C20H13F3N2O/c1-12-6-8-13(9-7-12)18-10-15(16(11-24)19(26)25-18)14-4-2-3-5-17(14)20(21,22)23/h2-10H,1H3,(H,25,26). The predicted octanol–water partition coefficient (Wildman–Crippen LogP) is 4.91. The molecule has 0 saturated heterocycles. The molecule has 0 aliphatic carbocycles. The van der Waals surface area contributed by atoms with Gasteiger partial charge >= 0.3 is 6.18 Å². The van der Waals surface area contributed by atoms with Crippen molar-refractivity contribution in [3.05, 3.63) is 81.6 Å². The second kappa shape index (κ2) is 6.52. The van der Waals surface area contributed by atoms with Crippen LogP contribution in [-0.4, -0.2) is 4.98 Å². The number of nitriles is 1. The minimum atomic E-state index is -4.60. The molecule has 0 aliphatic heterocycles. The van der Waals surface area contributed by atoms with E-state index in [1.54, 1.807) is 18.2 Å². The van der Waals surface area contributed by atoms with Crippen molar-refractivity contribution in [2.45, 2.75) is 13.1 Å². The summed E-state index contributed by atoms with van der Waals surface area (Å²) in [6.07, 6.45) is -4.60. The molecule has 6 heteroatoms. The normalized spacial score (nSPS) is 11.2. The number of halogens is 3. The van der Waals surface area contributed by atoms with Crippen LogP contribution in [0.25, 0.3) is 22.4 Å². The molecule has 26 heavy (non-hydrogen) atoms. The topological polar surface area (TPSA) is 56.6 Å². The molecule has 0 aliphatic rings. The van der Waals surface area contributed by atoms with Gasteiger partial charge in [0.2, 0.25) is 0 Å². The van der Waals surface area contributed by atoms with Crippen molar-refractivity contribution in [1.29, 1.82) is 5.26 Å². The number of pyridine rings is 1. The van der Waals surface area contributed by atoms with E-state index in [4.69, 9.17) is 0 Å². The van der Waals surface area contributed by atoms with Gasteiger partial charge in [0, 0.05) is 11.3 Å². The second-order valence-electron chi connectivity index (χ2n) is 5.82. The zero-order chi connectivity index (χ0) is 18.9. The zero-order valence-corrected chi connectivity index (χ0v) is 13.7. The SMILES string of the molecule is Cc1ccc(-c2cc(-c3ccccc3C(F)(F)F)c(C#N)c(=O)[nH]2)cc1. The van der Waals surface area contributed by atoms with Gasteiger partial charge in [-0.2, -0.15) is 18.4 Å². The van der Waals surface area contributed by atoms with Gasteiger partial charge < -0.3 is 4.98 Å². The minimum absolute atomic E-state index is 0.0419. The van der Waals surface area contributed by atoms with Crippen molar-refractivity contribution in [2.24, 2.45) is 0 Å². The highest BCUT2D eigenvalue weighted by Gasteiger charge is 2.34. The molecule has 0 fully saturated rings. The van der Waals surface area contributed by atoms with Gasteiger partial charge in [0.1, 0.15) is 11.6 Å². The van der Waals surface area contributed by atoms with Crippen LogP contribution in [0.1, 0.15) is 16.7 Å². The quantitative estimate of drug-likeness (QED) is 0.711. The first-order valence-corrected chi connectivity index (χ1v) is 7.72. The number of nitrogens with zero attached hydrogens (tertiary/aromatic N) is 1. The number of benzene rings is 2. The van der Waals surface area contributed by atoms with E-state index >= 15 is 0 Å². The Morgan fingerprint density at radius 2 is 1.65 bits per heavy atom. The first-order valence-electron chi connectivity index (χ1n) is 7.72. The molecule has 1 aromatic heterocycles. The van der Waals surface area contributed by atoms with Crippen LogP contribution in [0.2, 0.25) is 0 Å². The molecule has 0 saturated carbocycles. The molecule has 3 rings (SSSR count). The van der Waals surface area contributed by atoms with E-state index in [-0.39, 0.29) is 16.7 Å². The van der Waals surface area contributed by atoms with Crippen LogP contribution in [0.5, 0.6) is 0 Å². The molecule has 1 heterocycles. The largest absolute Gasteiger partial charge is 0.417 e. The van der Waals surface area contributed by atoms with E-state index in [1.165, 1.54) is 24.3 Å². The van der Waals surface area contributed by atoms with Crippen LogP contribution in [0.3, 0.4) is 0 Å². The average Bonchev–Trinajstić information content (AvgIpc) is 2.61. The highest BCUT2D eigenvalue weighted by atomic mass is 19.4. The van der Waals surface area contributed by atoms with Crippen molar-refractivity contribution in [3.8, 4) is 28.5 Å². The number of alkyl halides is 3. The van der Waals surface area contributed by atoms with Gasteiger partial charge in [0.05, 0.1) is 5.56 Å². The van der Waals surface area contributed by atoms with E-state index in [0.29, 0.717) is 11.3 Å². The maximum atomic E-state index is 13.4. The third kappa shape index (κ3) is 3.24. The van der Waals surface area contributed by atoms with Gasteiger partial charge in [-0.15, -0.1) is 0 Å². The highest BCUT2D eigenvalue weighted by molar-refractivity contribution is 5.77. The lowest BCUT2D eigenvalue weighted by Gasteiger charge is -2.14. The van der Waals surface area contributed by atoms with Gasteiger partial charge in [-0.05, 0) is 30.2 Å². The fourth-order valence-electron chi connectivity index (χ4n) is 2.74. The Balaban J connectivity index is 2.30. The van der Waals surface area contributed by atoms with E-state index in [2.05, 4.69) is 4.98 Å². The lowest BCUT2D eigenvalue weighted by Crippen LogP contribution is -2.14. The Bertz CT molecular complexity index is 1060. The molecule has 0 amide bonds. The van der Waals surface area contributed by atoms with E-state index in [1.807, 2.05) is 19.1 Å². The monoisotopic (exact) mass is 354 g/mol. The summed E-state index contributed by atoms with van der Waals surface area (Å²) in [5.74, 6) is 0. The van der Waals surface area contributed by atoms with Crippen LogP contribution in [0.4, 0.5) is 13.2 Å². The molecule has 3 aromatic rings. The Morgan fingerprint density at radius 1 is 1.00 bits per heavy atom. The molecule has 0 unspecified atom stereocenters. The minimum Gasteiger partial charge on any atom is -0.321 e. The van der Waals surface area contributed by atoms with Crippen molar-refractivity contribution in [3.63, 3.8) is 0 Å². The number of H-pyrrole nitrogens is 1. The molecule has 0 bridgehead atoms. The number of hydrogen-bond acceptors (Lipinski definition) is 2. The van der Waals surface area contributed by atoms with Crippen molar-refractivity contribution < 1.29 is 13.2 Å². The molecule has 0 radical (unpaired) electrons. The van der Waals surface area contributed by atoms with E-state index in [9.17, 15) is 23.2 Å². The summed E-state index contributed by atoms with van der Waals surface area (Å²) < 4.78 is 40.1. The maximum absolute atomic E-state index is 13.4. The molecule has 2 aromatic carbocycles. The maximum Gasteiger partial charge on any atom is 0.417 e. The molecular weight excluding hydrogens is 341 g/mol. The van der Waals surface area contributed by atoms with Crippen molar-refractivity contribution >= 4 is 0 Å². The lowest BCUT2D eigenvalue weighted by molar-refractivity contribution is -0.137. The third-order valence-electron chi connectivity index (χ3n) is 4.03. The average molecular weight is 354 g/mol. The molecule has 3 nitrogen and oxygen atoms in total. The molecule has 130 valence electrons. The van der Waals surface area contributed by atoms with Gasteiger partial charge in [0.25, 0.3) is 5.56 Å². The first kappa shape index (κ1) is 17.5. The summed E-state index contributed by atoms with van der Waals surface area (Å²) in [7, 11) is 0. The Labute approximate surface area is 147 Å². The lowest BCUT2D eigenvalue weighted by atomic mass is 9.95. The number of aryl methyl sites for hydroxylation is 1. The highest BCUT2D eigenvalue weighted by Crippen LogP contribution is 2.38.